The Kier molecular flexibility index (Phi) is 6.40. The standard InChI is InChI=1S/C16H23NO2S/c1-17(16(18)12-14-8-10-19-13-14)9-5-11-20-15-6-3-2-4-7-15/h2-4,6-7,14H,5,8-13H2,1H3/t14-/m0/s1. The molecule has 1 saturated heterocycles. The average molecular weight is 293 g/mol. The predicted octanol–water partition coefficient (Wildman–Crippen LogP) is 3.05. The Morgan fingerprint density at radius 3 is 2.90 bits per heavy atom. The topological polar surface area (TPSA) is 29.5 Å². The Hall–Kier alpha value is -1.00. The van der Waals surface area contributed by atoms with Crippen molar-refractivity contribution in [1.29, 1.82) is 0 Å². The molecule has 0 bridgehead atoms. The molecule has 1 aliphatic rings. The Morgan fingerprint density at radius 2 is 2.20 bits per heavy atom. The van der Waals surface area contributed by atoms with E-state index in [2.05, 4.69) is 24.3 Å². The summed E-state index contributed by atoms with van der Waals surface area (Å²) in [6.45, 7) is 2.41. The van der Waals surface area contributed by atoms with Gasteiger partial charge in [-0.25, -0.2) is 0 Å². The third kappa shape index (κ3) is 5.17. The minimum absolute atomic E-state index is 0.255. The highest BCUT2D eigenvalue weighted by Crippen LogP contribution is 2.19. The van der Waals surface area contributed by atoms with Gasteiger partial charge in [0.05, 0.1) is 0 Å². The molecule has 0 saturated carbocycles. The molecule has 0 unspecified atom stereocenters. The second-order valence-electron chi connectivity index (χ2n) is 5.26. The maximum atomic E-state index is 12.0. The number of carbonyl (C=O) groups excluding carboxylic acids is 1. The van der Waals surface area contributed by atoms with Crippen LogP contribution in [0.5, 0.6) is 0 Å². The number of carbonyl (C=O) groups is 1. The number of ether oxygens (including phenoxy) is 1. The molecule has 110 valence electrons. The lowest BCUT2D eigenvalue weighted by Gasteiger charge is -2.18. The van der Waals surface area contributed by atoms with E-state index in [-0.39, 0.29) is 5.91 Å². The first kappa shape index (κ1) is 15.4. The Labute approximate surface area is 125 Å². The van der Waals surface area contributed by atoms with Gasteiger partial charge in [0.15, 0.2) is 0 Å². The Bertz CT molecular complexity index is 404. The highest BCUT2D eigenvalue weighted by Gasteiger charge is 2.20. The molecule has 1 fully saturated rings. The molecule has 0 aliphatic carbocycles. The fourth-order valence-corrected chi connectivity index (χ4v) is 3.14. The van der Waals surface area contributed by atoms with Crippen molar-refractivity contribution in [1.82, 2.24) is 4.90 Å². The van der Waals surface area contributed by atoms with E-state index in [9.17, 15) is 4.79 Å². The number of nitrogens with zero attached hydrogens (tertiary/aromatic N) is 1. The van der Waals surface area contributed by atoms with Gasteiger partial charge in [0.25, 0.3) is 0 Å². The molecule has 0 aromatic heterocycles. The molecule has 0 spiro atoms. The van der Waals surface area contributed by atoms with Crippen molar-refractivity contribution in [3.05, 3.63) is 30.3 Å². The van der Waals surface area contributed by atoms with Crippen LogP contribution in [0.4, 0.5) is 0 Å². The summed E-state index contributed by atoms with van der Waals surface area (Å²) in [5.74, 6) is 1.74. The number of thioether (sulfide) groups is 1. The predicted molar refractivity (Wildman–Crippen MR) is 83.0 cm³/mol. The highest BCUT2D eigenvalue weighted by atomic mass is 32.2. The summed E-state index contributed by atoms with van der Waals surface area (Å²) in [6.07, 6.45) is 2.70. The van der Waals surface area contributed by atoms with Crippen LogP contribution in [0.25, 0.3) is 0 Å². The van der Waals surface area contributed by atoms with E-state index in [1.807, 2.05) is 29.8 Å². The zero-order valence-corrected chi connectivity index (χ0v) is 12.9. The summed E-state index contributed by atoms with van der Waals surface area (Å²) < 4.78 is 5.31. The van der Waals surface area contributed by atoms with Crippen molar-refractivity contribution >= 4 is 17.7 Å². The number of hydrogen-bond donors (Lipinski definition) is 0. The molecule has 20 heavy (non-hydrogen) atoms. The number of benzene rings is 1. The number of amides is 1. The van der Waals surface area contributed by atoms with Gasteiger partial charge in [0, 0.05) is 38.1 Å². The number of rotatable bonds is 7. The second-order valence-corrected chi connectivity index (χ2v) is 6.43. The summed E-state index contributed by atoms with van der Waals surface area (Å²) in [5, 5.41) is 0. The van der Waals surface area contributed by atoms with Crippen molar-refractivity contribution in [2.24, 2.45) is 5.92 Å². The van der Waals surface area contributed by atoms with Crippen LogP contribution in [0.2, 0.25) is 0 Å². The lowest BCUT2D eigenvalue weighted by atomic mass is 10.0. The van der Waals surface area contributed by atoms with Crippen LogP contribution in [0, 0.1) is 5.92 Å². The maximum Gasteiger partial charge on any atom is 0.222 e. The molecule has 2 rings (SSSR count). The molecule has 1 atom stereocenters. The van der Waals surface area contributed by atoms with E-state index in [1.165, 1.54) is 4.90 Å². The monoisotopic (exact) mass is 293 g/mol. The second kappa shape index (κ2) is 8.32. The van der Waals surface area contributed by atoms with E-state index in [0.717, 1.165) is 38.4 Å². The van der Waals surface area contributed by atoms with Crippen molar-refractivity contribution in [2.45, 2.75) is 24.2 Å². The minimum atomic E-state index is 0.255. The first-order valence-corrected chi connectivity index (χ1v) is 8.24. The van der Waals surface area contributed by atoms with Gasteiger partial charge in [-0.1, -0.05) is 18.2 Å². The van der Waals surface area contributed by atoms with E-state index in [4.69, 9.17) is 4.74 Å². The third-order valence-electron chi connectivity index (χ3n) is 3.56. The fraction of sp³-hybridized carbons (Fsp3) is 0.562. The molecule has 4 heteroatoms. The molecule has 1 aliphatic heterocycles. The number of hydrogen-bond acceptors (Lipinski definition) is 3. The molecule has 1 heterocycles. The van der Waals surface area contributed by atoms with E-state index < -0.39 is 0 Å². The van der Waals surface area contributed by atoms with Crippen molar-refractivity contribution < 1.29 is 9.53 Å². The molecular weight excluding hydrogens is 270 g/mol. The minimum Gasteiger partial charge on any atom is -0.381 e. The van der Waals surface area contributed by atoms with Crippen LogP contribution in [-0.4, -0.2) is 43.4 Å². The zero-order valence-electron chi connectivity index (χ0n) is 12.1. The molecule has 3 nitrogen and oxygen atoms in total. The van der Waals surface area contributed by atoms with Crippen molar-refractivity contribution in [2.75, 3.05) is 32.6 Å². The summed E-state index contributed by atoms with van der Waals surface area (Å²) in [4.78, 5) is 15.2. The molecule has 0 radical (unpaired) electrons. The van der Waals surface area contributed by atoms with Crippen LogP contribution in [-0.2, 0) is 9.53 Å². The summed E-state index contributed by atoms with van der Waals surface area (Å²) >= 11 is 1.85. The van der Waals surface area contributed by atoms with Gasteiger partial charge in [-0.2, -0.15) is 0 Å². The maximum absolute atomic E-state index is 12.0. The normalized spacial score (nSPS) is 18.1. The lowest BCUT2D eigenvalue weighted by molar-refractivity contribution is -0.130. The first-order valence-electron chi connectivity index (χ1n) is 7.25. The Morgan fingerprint density at radius 1 is 1.40 bits per heavy atom. The first-order chi connectivity index (χ1) is 9.75. The van der Waals surface area contributed by atoms with Gasteiger partial charge in [-0.3, -0.25) is 4.79 Å². The summed E-state index contributed by atoms with van der Waals surface area (Å²) in [7, 11) is 1.91. The van der Waals surface area contributed by atoms with Crippen molar-refractivity contribution in [3.8, 4) is 0 Å². The van der Waals surface area contributed by atoms with Gasteiger partial charge in [-0.15, -0.1) is 11.8 Å². The Balaban J connectivity index is 1.59. The average Bonchev–Trinajstić information content (AvgIpc) is 2.97. The van der Waals surface area contributed by atoms with Crippen LogP contribution >= 0.6 is 11.8 Å². The fourth-order valence-electron chi connectivity index (χ4n) is 2.28. The van der Waals surface area contributed by atoms with Gasteiger partial charge < -0.3 is 9.64 Å². The quantitative estimate of drug-likeness (QED) is 0.571. The molecule has 1 aromatic carbocycles. The summed E-state index contributed by atoms with van der Waals surface area (Å²) in [5.41, 5.74) is 0. The van der Waals surface area contributed by atoms with Crippen molar-refractivity contribution in [3.63, 3.8) is 0 Å². The van der Waals surface area contributed by atoms with Crippen LogP contribution < -0.4 is 0 Å². The molecule has 1 aromatic rings. The van der Waals surface area contributed by atoms with Gasteiger partial charge in [0.1, 0.15) is 0 Å². The largest absolute Gasteiger partial charge is 0.381 e. The van der Waals surface area contributed by atoms with Gasteiger partial charge in [0.2, 0.25) is 5.91 Å². The van der Waals surface area contributed by atoms with E-state index in [1.54, 1.807) is 0 Å². The summed E-state index contributed by atoms with van der Waals surface area (Å²) in [6, 6.07) is 10.4. The zero-order chi connectivity index (χ0) is 14.2. The van der Waals surface area contributed by atoms with Crippen LogP contribution in [0.3, 0.4) is 0 Å². The molecule has 0 N–H and O–H groups in total. The van der Waals surface area contributed by atoms with E-state index in [0.29, 0.717) is 12.3 Å². The van der Waals surface area contributed by atoms with Crippen LogP contribution in [0.1, 0.15) is 19.3 Å². The lowest BCUT2D eigenvalue weighted by Crippen LogP contribution is -2.29. The van der Waals surface area contributed by atoms with Gasteiger partial charge in [-0.05, 0) is 36.6 Å². The molecule has 1 amide bonds. The van der Waals surface area contributed by atoms with Crippen LogP contribution in [0.15, 0.2) is 35.2 Å². The highest BCUT2D eigenvalue weighted by molar-refractivity contribution is 7.99. The smallest absolute Gasteiger partial charge is 0.222 e. The molecular formula is C16H23NO2S. The van der Waals surface area contributed by atoms with Gasteiger partial charge >= 0.3 is 0 Å². The van der Waals surface area contributed by atoms with E-state index >= 15 is 0 Å². The third-order valence-corrected chi connectivity index (χ3v) is 4.66. The SMILES string of the molecule is CN(CCCSc1ccccc1)C(=O)C[C@@H]1CCOC1.